The molecule has 2 aliphatic heterocycles. The van der Waals surface area contributed by atoms with Crippen molar-refractivity contribution in [2.45, 2.75) is 32.7 Å². The molecule has 0 aliphatic carbocycles. The van der Waals surface area contributed by atoms with Crippen molar-refractivity contribution in [3.63, 3.8) is 0 Å². The van der Waals surface area contributed by atoms with Gasteiger partial charge in [-0.15, -0.1) is 0 Å². The first-order valence-corrected chi connectivity index (χ1v) is 7.00. The van der Waals surface area contributed by atoms with Gasteiger partial charge in [0, 0.05) is 13.1 Å². The molecule has 2 atom stereocenters. The van der Waals surface area contributed by atoms with Crippen LogP contribution in [0.25, 0.3) is 0 Å². The number of benzene rings is 1. The van der Waals surface area contributed by atoms with E-state index in [0.29, 0.717) is 12.1 Å². The Hall–Kier alpha value is -1.49. The van der Waals surface area contributed by atoms with Gasteiger partial charge in [-0.25, -0.2) is 13.8 Å². The van der Waals surface area contributed by atoms with Crippen molar-refractivity contribution in [3.8, 4) is 0 Å². The first-order valence-electron chi connectivity index (χ1n) is 7.00. The molecule has 1 aromatic rings. The highest BCUT2D eigenvalue weighted by atomic mass is 19.2. The molecule has 20 heavy (non-hydrogen) atoms. The minimum atomic E-state index is -0.856. The molecule has 1 amide bonds. The number of fused-ring (bicyclic) bond motifs is 1. The maximum atomic E-state index is 13.4. The number of carbonyl (C=O) groups is 1. The van der Waals surface area contributed by atoms with Crippen LogP contribution in [0.1, 0.15) is 38.3 Å². The molecule has 0 bridgehead atoms. The van der Waals surface area contributed by atoms with E-state index in [2.05, 4.69) is 0 Å². The molecule has 0 aromatic heterocycles. The molecular formula is C15H18F2N2O. The van der Waals surface area contributed by atoms with E-state index in [1.807, 2.05) is 18.9 Å². The van der Waals surface area contributed by atoms with Gasteiger partial charge < -0.3 is 0 Å². The van der Waals surface area contributed by atoms with Gasteiger partial charge in [-0.1, -0.05) is 13.0 Å². The zero-order valence-electron chi connectivity index (χ0n) is 11.7. The van der Waals surface area contributed by atoms with Gasteiger partial charge in [0.25, 0.3) is 0 Å². The van der Waals surface area contributed by atoms with E-state index in [1.165, 1.54) is 6.07 Å². The van der Waals surface area contributed by atoms with Crippen molar-refractivity contribution in [1.29, 1.82) is 0 Å². The number of hydrazine groups is 1. The van der Waals surface area contributed by atoms with Crippen LogP contribution >= 0.6 is 0 Å². The van der Waals surface area contributed by atoms with Crippen LogP contribution in [0.15, 0.2) is 18.2 Å². The molecule has 3 rings (SSSR count). The van der Waals surface area contributed by atoms with Crippen LogP contribution in [0, 0.1) is 17.0 Å². The van der Waals surface area contributed by atoms with Crippen LogP contribution in [0.3, 0.4) is 0 Å². The summed E-state index contributed by atoms with van der Waals surface area (Å²) in [5.74, 6) is -1.62. The smallest absolute Gasteiger partial charge is 0.244 e. The van der Waals surface area contributed by atoms with Crippen LogP contribution in [0.5, 0.6) is 0 Å². The summed E-state index contributed by atoms with van der Waals surface area (Å²) in [6, 6.07) is 3.73. The minimum absolute atomic E-state index is 0.0900. The Kier molecular flexibility index (Phi) is 3.05. The molecule has 2 fully saturated rings. The second kappa shape index (κ2) is 4.52. The monoisotopic (exact) mass is 280 g/mol. The van der Waals surface area contributed by atoms with Gasteiger partial charge in [0.05, 0.1) is 11.5 Å². The molecule has 0 radical (unpaired) electrons. The Bertz CT molecular complexity index is 563. The van der Waals surface area contributed by atoms with Crippen molar-refractivity contribution in [2.75, 3.05) is 13.1 Å². The molecule has 2 heterocycles. The third kappa shape index (κ3) is 1.84. The summed E-state index contributed by atoms with van der Waals surface area (Å²) in [5, 5.41) is 3.79. The van der Waals surface area contributed by atoms with E-state index in [1.54, 1.807) is 11.1 Å². The summed E-state index contributed by atoms with van der Waals surface area (Å²) in [5.41, 5.74) is 0.303. The quantitative estimate of drug-likeness (QED) is 0.831. The SMILES string of the molecule is CCC1(C)CN2CC[C@@H](c3ccc(F)c(F)c3)N2C1=O. The fourth-order valence-corrected chi connectivity index (χ4v) is 3.16. The Balaban J connectivity index is 1.93. The maximum absolute atomic E-state index is 13.4. The van der Waals surface area contributed by atoms with E-state index in [-0.39, 0.29) is 17.4 Å². The molecule has 1 aromatic carbocycles. The normalized spacial score (nSPS) is 30.1. The van der Waals surface area contributed by atoms with Gasteiger partial charge >= 0.3 is 0 Å². The zero-order valence-corrected chi connectivity index (χ0v) is 11.7. The number of hydrogen-bond acceptors (Lipinski definition) is 2. The van der Waals surface area contributed by atoms with Crippen molar-refractivity contribution in [3.05, 3.63) is 35.4 Å². The average molecular weight is 280 g/mol. The first-order chi connectivity index (χ1) is 9.46. The minimum Gasteiger partial charge on any atom is -0.273 e. The van der Waals surface area contributed by atoms with Gasteiger partial charge in [0.2, 0.25) is 5.91 Å². The van der Waals surface area contributed by atoms with E-state index >= 15 is 0 Å². The number of hydrogen-bond donors (Lipinski definition) is 0. The highest BCUT2D eigenvalue weighted by molar-refractivity contribution is 5.84. The molecule has 3 nitrogen and oxygen atoms in total. The van der Waals surface area contributed by atoms with Gasteiger partial charge in [-0.05, 0) is 37.5 Å². The molecule has 1 unspecified atom stereocenters. The fourth-order valence-electron chi connectivity index (χ4n) is 3.16. The number of nitrogens with zero attached hydrogens (tertiary/aromatic N) is 2. The Labute approximate surface area is 117 Å². The van der Waals surface area contributed by atoms with E-state index in [0.717, 1.165) is 25.5 Å². The van der Waals surface area contributed by atoms with Crippen molar-refractivity contribution in [1.82, 2.24) is 10.0 Å². The first kappa shape index (κ1) is 13.5. The molecule has 2 saturated heterocycles. The lowest BCUT2D eigenvalue weighted by Gasteiger charge is -2.26. The highest BCUT2D eigenvalue weighted by Gasteiger charge is 2.51. The average Bonchev–Trinajstić information content (AvgIpc) is 2.93. The highest BCUT2D eigenvalue weighted by Crippen LogP contribution is 2.43. The van der Waals surface area contributed by atoms with E-state index in [9.17, 15) is 13.6 Å². The summed E-state index contributed by atoms with van der Waals surface area (Å²) in [6.07, 6.45) is 1.54. The van der Waals surface area contributed by atoms with Crippen LogP contribution in [0.2, 0.25) is 0 Å². The summed E-state index contributed by atoms with van der Waals surface area (Å²) in [7, 11) is 0. The largest absolute Gasteiger partial charge is 0.273 e. The topological polar surface area (TPSA) is 23.6 Å². The molecule has 0 saturated carbocycles. The van der Waals surface area contributed by atoms with Gasteiger partial charge in [0.1, 0.15) is 0 Å². The molecule has 2 aliphatic rings. The summed E-state index contributed by atoms with van der Waals surface area (Å²) < 4.78 is 26.4. The lowest BCUT2D eigenvalue weighted by atomic mass is 9.87. The van der Waals surface area contributed by atoms with Gasteiger partial charge in [0.15, 0.2) is 11.6 Å². The summed E-state index contributed by atoms with van der Waals surface area (Å²) in [6.45, 7) is 5.47. The molecule has 108 valence electrons. The molecule has 5 heteroatoms. The number of amides is 1. The lowest BCUT2D eigenvalue weighted by Crippen LogP contribution is -2.36. The fraction of sp³-hybridized carbons (Fsp3) is 0.533. The van der Waals surface area contributed by atoms with Crippen molar-refractivity contribution >= 4 is 5.91 Å². The molecule has 0 N–H and O–H groups in total. The second-order valence-electron chi connectivity index (χ2n) is 5.93. The van der Waals surface area contributed by atoms with E-state index in [4.69, 9.17) is 0 Å². The summed E-state index contributed by atoms with van der Waals surface area (Å²) in [4.78, 5) is 12.6. The van der Waals surface area contributed by atoms with Gasteiger partial charge in [-0.3, -0.25) is 9.80 Å². The Morgan fingerprint density at radius 1 is 1.35 bits per heavy atom. The third-order valence-corrected chi connectivity index (χ3v) is 4.63. The van der Waals surface area contributed by atoms with Crippen LogP contribution < -0.4 is 0 Å². The van der Waals surface area contributed by atoms with Crippen LogP contribution in [0.4, 0.5) is 8.78 Å². The van der Waals surface area contributed by atoms with Gasteiger partial charge in [-0.2, -0.15) is 0 Å². The second-order valence-corrected chi connectivity index (χ2v) is 5.93. The molecular weight excluding hydrogens is 262 g/mol. The van der Waals surface area contributed by atoms with Crippen LogP contribution in [-0.4, -0.2) is 29.0 Å². The van der Waals surface area contributed by atoms with Crippen molar-refractivity contribution < 1.29 is 13.6 Å². The molecule has 0 spiro atoms. The third-order valence-electron chi connectivity index (χ3n) is 4.63. The predicted octanol–water partition coefficient (Wildman–Crippen LogP) is 2.89. The number of halogens is 2. The number of carbonyl (C=O) groups excluding carboxylic acids is 1. The maximum Gasteiger partial charge on any atom is 0.244 e. The summed E-state index contributed by atoms with van der Waals surface area (Å²) >= 11 is 0. The predicted molar refractivity (Wildman–Crippen MR) is 70.5 cm³/mol. The standard InChI is InChI=1S/C15H18F2N2O/c1-3-15(2)9-18-7-6-13(19(18)14(15)20)10-4-5-11(16)12(17)8-10/h4-5,8,13H,3,6-7,9H2,1-2H3/t13-,15?/m0/s1. The lowest BCUT2D eigenvalue weighted by molar-refractivity contribution is -0.142. The van der Waals surface area contributed by atoms with Crippen molar-refractivity contribution in [2.24, 2.45) is 5.41 Å². The van der Waals surface area contributed by atoms with Crippen LogP contribution in [-0.2, 0) is 4.79 Å². The Morgan fingerprint density at radius 3 is 2.75 bits per heavy atom. The number of rotatable bonds is 2. The Morgan fingerprint density at radius 2 is 2.10 bits per heavy atom. The zero-order chi connectivity index (χ0) is 14.5. The van der Waals surface area contributed by atoms with E-state index < -0.39 is 11.6 Å².